The van der Waals surface area contributed by atoms with Crippen LogP contribution in [0.1, 0.15) is 27.2 Å². The number of furan rings is 1. The largest absolute Gasteiger partial charge is 0.467 e. The second-order valence-electron chi connectivity index (χ2n) is 4.76. The van der Waals surface area contributed by atoms with Gasteiger partial charge < -0.3 is 4.42 Å². The predicted octanol–water partition coefficient (Wildman–Crippen LogP) is 1.39. The van der Waals surface area contributed by atoms with Gasteiger partial charge in [0.2, 0.25) is 0 Å². The van der Waals surface area contributed by atoms with Gasteiger partial charge in [0.25, 0.3) is 5.91 Å². The van der Waals surface area contributed by atoms with E-state index in [2.05, 4.69) is 11.5 Å². The van der Waals surface area contributed by atoms with E-state index in [0.717, 1.165) is 5.56 Å². The zero-order valence-corrected chi connectivity index (χ0v) is 11.7. The Morgan fingerprint density at radius 2 is 2.24 bits per heavy atom. The topological polar surface area (TPSA) is 95.3 Å². The number of nitrogens with one attached hydrogen (secondary N) is 1. The average molecular weight is 284 g/mol. The molecule has 0 atom stereocenters. The lowest BCUT2D eigenvalue weighted by Crippen LogP contribution is -2.29. The van der Waals surface area contributed by atoms with Gasteiger partial charge in [-0.1, -0.05) is 12.1 Å². The third-order valence-corrected chi connectivity index (χ3v) is 2.98. The predicted molar refractivity (Wildman–Crippen MR) is 76.7 cm³/mol. The molecule has 1 aromatic carbocycles. The Balaban J connectivity index is 1.98. The van der Waals surface area contributed by atoms with E-state index in [0.29, 0.717) is 30.0 Å². The summed E-state index contributed by atoms with van der Waals surface area (Å²) in [5.41, 5.74) is 4.14. The second-order valence-corrected chi connectivity index (χ2v) is 4.76. The molecule has 0 aliphatic rings. The summed E-state index contributed by atoms with van der Waals surface area (Å²) in [6.07, 6.45) is 1.38. The van der Waals surface area contributed by atoms with Gasteiger partial charge in [-0.2, -0.15) is 5.26 Å². The summed E-state index contributed by atoms with van der Waals surface area (Å²) < 4.78 is 5.33. The minimum atomic E-state index is -0.380. The van der Waals surface area contributed by atoms with Gasteiger partial charge >= 0.3 is 0 Å². The summed E-state index contributed by atoms with van der Waals surface area (Å²) >= 11 is 0. The van der Waals surface area contributed by atoms with E-state index in [-0.39, 0.29) is 5.91 Å². The molecule has 6 nitrogen and oxygen atoms in total. The molecular formula is C15H16N4O2. The quantitative estimate of drug-likeness (QED) is 0.491. The second kappa shape index (κ2) is 6.70. The van der Waals surface area contributed by atoms with E-state index in [9.17, 15) is 4.79 Å². The highest BCUT2D eigenvalue weighted by Gasteiger charge is 2.10. The van der Waals surface area contributed by atoms with Crippen molar-refractivity contribution >= 4 is 5.91 Å². The lowest BCUT2D eigenvalue weighted by molar-refractivity contribution is 0.0953. The molecule has 0 spiro atoms. The molecule has 21 heavy (non-hydrogen) atoms. The molecule has 0 saturated heterocycles. The monoisotopic (exact) mass is 284 g/mol. The van der Waals surface area contributed by atoms with Crippen molar-refractivity contribution in [1.29, 1.82) is 5.26 Å². The van der Waals surface area contributed by atoms with Crippen LogP contribution in [0.25, 0.3) is 0 Å². The number of nitriles is 1. The van der Waals surface area contributed by atoms with Crippen molar-refractivity contribution in [1.82, 2.24) is 10.3 Å². The zero-order valence-electron chi connectivity index (χ0n) is 11.7. The number of carbonyl (C=O) groups is 1. The fourth-order valence-electron chi connectivity index (χ4n) is 2.04. The smallest absolute Gasteiger partial charge is 0.268 e. The van der Waals surface area contributed by atoms with Crippen molar-refractivity contribution in [2.45, 2.75) is 13.1 Å². The molecule has 1 heterocycles. The maximum Gasteiger partial charge on any atom is 0.268 e. The Bertz CT molecular complexity index is 672. The molecule has 0 bridgehead atoms. The lowest BCUT2D eigenvalue weighted by atomic mass is 10.1. The van der Waals surface area contributed by atoms with E-state index in [1.807, 2.05) is 30.1 Å². The number of rotatable bonds is 5. The first-order valence-corrected chi connectivity index (χ1v) is 6.38. The van der Waals surface area contributed by atoms with Crippen molar-refractivity contribution in [3.8, 4) is 6.07 Å². The van der Waals surface area contributed by atoms with Gasteiger partial charge in [0.15, 0.2) is 0 Å². The molecule has 0 unspecified atom stereocenters. The van der Waals surface area contributed by atoms with Gasteiger partial charge in [-0.25, -0.2) is 5.84 Å². The van der Waals surface area contributed by atoms with Crippen LogP contribution in [0.15, 0.2) is 41.0 Å². The maximum atomic E-state index is 11.3. The van der Waals surface area contributed by atoms with Crippen molar-refractivity contribution in [3.05, 3.63) is 59.0 Å². The number of hydrogen-bond donors (Lipinski definition) is 2. The van der Waals surface area contributed by atoms with Gasteiger partial charge in [0.1, 0.15) is 12.0 Å². The number of hydrogen-bond acceptors (Lipinski definition) is 5. The standard InChI is InChI=1S/C15H16N4O2/c1-19(8-12-4-2-3-11(5-12)7-16)9-14-6-13(10-21-14)15(20)18-17/h2-6,10H,8-9,17H2,1H3,(H,18,20). The van der Waals surface area contributed by atoms with E-state index < -0.39 is 0 Å². The molecule has 0 saturated carbocycles. The molecule has 2 rings (SSSR count). The number of nitrogens with zero attached hydrogens (tertiary/aromatic N) is 2. The van der Waals surface area contributed by atoms with Crippen LogP contribution in [-0.2, 0) is 13.1 Å². The number of hydrazine groups is 1. The summed E-state index contributed by atoms with van der Waals surface area (Å²) in [4.78, 5) is 13.4. The number of nitrogens with two attached hydrogens (primary N) is 1. The van der Waals surface area contributed by atoms with Gasteiger partial charge in [-0.3, -0.25) is 15.1 Å². The average Bonchev–Trinajstić information content (AvgIpc) is 2.94. The Hall–Kier alpha value is -2.62. The lowest BCUT2D eigenvalue weighted by Gasteiger charge is -2.15. The highest BCUT2D eigenvalue weighted by Crippen LogP contribution is 2.12. The molecule has 0 radical (unpaired) electrons. The van der Waals surface area contributed by atoms with Gasteiger partial charge in [0.05, 0.1) is 23.7 Å². The third-order valence-electron chi connectivity index (χ3n) is 2.98. The molecule has 0 aliphatic carbocycles. The SMILES string of the molecule is CN(Cc1cccc(C#N)c1)Cc1cc(C(=O)NN)co1. The summed E-state index contributed by atoms with van der Waals surface area (Å²) in [5, 5.41) is 8.88. The first-order valence-electron chi connectivity index (χ1n) is 6.38. The molecule has 108 valence electrons. The molecular weight excluding hydrogens is 268 g/mol. The first-order chi connectivity index (χ1) is 10.1. The molecule has 3 N–H and O–H groups in total. The van der Waals surface area contributed by atoms with Crippen LogP contribution in [0.3, 0.4) is 0 Å². The number of carbonyl (C=O) groups excluding carboxylic acids is 1. The van der Waals surface area contributed by atoms with E-state index in [1.165, 1.54) is 6.26 Å². The Morgan fingerprint density at radius 1 is 1.43 bits per heavy atom. The highest BCUT2D eigenvalue weighted by atomic mass is 16.3. The van der Waals surface area contributed by atoms with Gasteiger partial charge in [-0.15, -0.1) is 0 Å². The molecule has 6 heteroatoms. The highest BCUT2D eigenvalue weighted by molar-refractivity contribution is 5.93. The van der Waals surface area contributed by atoms with E-state index in [4.69, 9.17) is 15.5 Å². The number of amides is 1. The van der Waals surface area contributed by atoms with Gasteiger partial charge in [-0.05, 0) is 30.8 Å². The fourth-order valence-corrected chi connectivity index (χ4v) is 2.04. The van der Waals surface area contributed by atoms with Crippen LogP contribution in [0.2, 0.25) is 0 Å². The van der Waals surface area contributed by atoms with Crippen LogP contribution in [0, 0.1) is 11.3 Å². The summed E-state index contributed by atoms with van der Waals surface area (Å²) in [7, 11) is 1.93. The molecule has 0 aliphatic heterocycles. The van der Waals surface area contributed by atoms with E-state index >= 15 is 0 Å². The van der Waals surface area contributed by atoms with Crippen LogP contribution in [0.4, 0.5) is 0 Å². The normalized spacial score (nSPS) is 10.4. The van der Waals surface area contributed by atoms with Crippen LogP contribution >= 0.6 is 0 Å². The number of benzene rings is 1. The summed E-state index contributed by atoms with van der Waals surface area (Å²) in [5.74, 6) is 5.36. The summed E-state index contributed by atoms with van der Waals surface area (Å²) in [6.45, 7) is 1.23. The van der Waals surface area contributed by atoms with Crippen LogP contribution < -0.4 is 11.3 Å². The minimum absolute atomic E-state index is 0.380. The van der Waals surface area contributed by atoms with Crippen molar-refractivity contribution in [2.24, 2.45) is 5.84 Å². The Labute approximate surface area is 122 Å². The zero-order chi connectivity index (χ0) is 15.2. The van der Waals surface area contributed by atoms with Gasteiger partial charge in [0, 0.05) is 6.54 Å². The third kappa shape index (κ3) is 3.92. The fraction of sp³-hybridized carbons (Fsp3) is 0.200. The molecule has 0 fully saturated rings. The minimum Gasteiger partial charge on any atom is -0.467 e. The molecule has 1 amide bonds. The van der Waals surface area contributed by atoms with Crippen molar-refractivity contribution in [3.63, 3.8) is 0 Å². The number of nitrogen functional groups attached to an aromatic ring is 1. The summed E-state index contributed by atoms with van der Waals surface area (Å²) in [6, 6.07) is 11.2. The van der Waals surface area contributed by atoms with Crippen molar-refractivity contribution < 1.29 is 9.21 Å². The van der Waals surface area contributed by atoms with Crippen LogP contribution in [0.5, 0.6) is 0 Å². The van der Waals surface area contributed by atoms with Crippen LogP contribution in [-0.4, -0.2) is 17.9 Å². The van der Waals surface area contributed by atoms with E-state index in [1.54, 1.807) is 12.1 Å². The molecule has 1 aromatic heterocycles. The first kappa shape index (κ1) is 14.8. The maximum absolute atomic E-state index is 11.3. The molecule has 2 aromatic rings. The Kier molecular flexibility index (Phi) is 4.72. The Morgan fingerprint density at radius 3 is 2.95 bits per heavy atom. The van der Waals surface area contributed by atoms with Crippen molar-refractivity contribution in [2.75, 3.05) is 7.05 Å².